The van der Waals surface area contributed by atoms with E-state index in [1.807, 2.05) is 50.2 Å². The zero-order chi connectivity index (χ0) is 24.0. The van der Waals surface area contributed by atoms with E-state index < -0.39 is 5.91 Å². The minimum Gasteiger partial charge on any atom is -0.491 e. The van der Waals surface area contributed by atoms with Crippen molar-refractivity contribution in [1.29, 1.82) is 0 Å². The topological polar surface area (TPSA) is 72.7 Å². The van der Waals surface area contributed by atoms with Gasteiger partial charge in [0.05, 0.1) is 18.9 Å². The van der Waals surface area contributed by atoms with Gasteiger partial charge >= 0.3 is 0 Å². The molecule has 172 valence electrons. The number of aromatic nitrogens is 1. The van der Waals surface area contributed by atoms with E-state index in [2.05, 4.69) is 43.4 Å². The third-order valence-electron chi connectivity index (χ3n) is 5.05. The Morgan fingerprint density at radius 2 is 1.82 bits per heavy atom. The molecule has 6 heteroatoms. The number of carbonyl (C=O) groups excluding carboxylic acids is 1. The number of hydrogen-bond donors (Lipinski definition) is 1. The second kappa shape index (κ2) is 10.3. The minimum atomic E-state index is -0.553. The quantitative estimate of drug-likeness (QED) is 0.422. The molecule has 1 aromatic heterocycles. The van der Waals surface area contributed by atoms with Gasteiger partial charge in [0.2, 0.25) is 0 Å². The molecule has 0 atom stereocenters. The van der Waals surface area contributed by atoms with Gasteiger partial charge in [-0.1, -0.05) is 57.2 Å². The van der Waals surface area contributed by atoms with Gasteiger partial charge in [-0.3, -0.25) is 9.59 Å². The van der Waals surface area contributed by atoms with Crippen LogP contribution in [-0.4, -0.2) is 22.8 Å². The first kappa shape index (κ1) is 24.0. The number of hydrogen-bond acceptors (Lipinski definition) is 4. The average molecular weight is 446 g/mol. The number of ether oxygens (including phenoxy) is 1. The summed E-state index contributed by atoms with van der Waals surface area (Å²) in [6, 6.07) is 18.8. The molecule has 0 fully saturated rings. The largest absolute Gasteiger partial charge is 0.491 e. The van der Waals surface area contributed by atoms with Crippen molar-refractivity contribution in [3.05, 3.63) is 99.5 Å². The zero-order valence-corrected chi connectivity index (χ0v) is 19.8. The first-order chi connectivity index (χ1) is 15.6. The van der Waals surface area contributed by atoms with E-state index in [1.165, 1.54) is 22.4 Å². The molecule has 1 amide bonds. The van der Waals surface area contributed by atoms with Crippen LogP contribution >= 0.6 is 0 Å². The maximum absolute atomic E-state index is 12.9. The molecule has 3 aromatic rings. The number of rotatable bonds is 7. The summed E-state index contributed by atoms with van der Waals surface area (Å²) >= 11 is 0. The van der Waals surface area contributed by atoms with E-state index >= 15 is 0 Å². The lowest BCUT2D eigenvalue weighted by Gasteiger charge is -2.19. The first-order valence-corrected chi connectivity index (χ1v) is 11.0. The maximum Gasteiger partial charge on any atom is 0.276 e. The number of pyridine rings is 1. The van der Waals surface area contributed by atoms with Crippen LogP contribution in [0.15, 0.2) is 76.8 Å². The number of benzene rings is 2. The second-order valence-electron chi connectivity index (χ2n) is 9.24. The summed E-state index contributed by atoms with van der Waals surface area (Å²) in [5.41, 5.74) is 5.18. The van der Waals surface area contributed by atoms with Gasteiger partial charge in [0.25, 0.3) is 11.5 Å². The Hall–Kier alpha value is -3.67. The van der Waals surface area contributed by atoms with Crippen molar-refractivity contribution in [1.82, 2.24) is 9.99 Å². The van der Waals surface area contributed by atoms with Gasteiger partial charge in [0.1, 0.15) is 11.3 Å². The highest BCUT2D eigenvalue weighted by atomic mass is 16.5. The van der Waals surface area contributed by atoms with Crippen molar-refractivity contribution in [2.75, 3.05) is 0 Å². The fraction of sp³-hybridized carbons (Fsp3) is 0.296. The number of amides is 1. The van der Waals surface area contributed by atoms with Gasteiger partial charge in [-0.05, 0) is 60.2 Å². The van der Waals surface area contributed by atoms with Crippen LogP contribution in [0.5, 0.6) is 5.75 Å². The van der Waals surface area contributed by atoms with Crippen molar-refractivity contribution in [3.8, 4) is 5.75 Å². The van der Waals surface area contributed by atoms with Crippen molar-refractivity contribution in [2.45, 2.75) is 52.7 Å². The lowest BCUT2D eigenvalue weighted by atomic mass is 9.87. The highest BCUT2D eigenvalue weighted by molar-refractivity contribution is 5.94. The Balaban J connectivity index is 1.69. The van der Waals surface area contributed by atoms with Gasteiger partial charge < -0.3 is 9.30 Å². The molecule has 33 heavy (non-hydrogen) atoms. The van der Waals surface area contributed by atoms with Crippen LogP contribution in [0, 0.1) is 0 Å². The Kier molecular flexibility index (Phi) is 7.48. The summed E-state index contributed by atoms with van der Waals surface area (Å²) in [6.07, 6.45) is 3.26. The molecule has 1 heterocycles. The molecular weight excluding hydrogens is 414 g/mol. The summed E-state index contributed by atoms with van der Waals surface area (Å²) in [5, 5.41) is 4.00. The fourth-order valence-corrected chi connectivity index (χ4v) is 3.31. The maximum atomic E-state index is 12.9. The van der Waals surface area contributed by atoms with E-state index in [0.29, 0.717) is 6.54 Å². The first-order valence-electron chi connectivity index (χ1n) is 11.0. The monoisotopic (exact) mass is 445 g/mol. The Bertz CT molecular complexity index is 1190. The van der Waals surface area contributed by atoms with E-state index in [1.54, 1.807) is 12.3 Å². The predicted molar refractivity (Wildman–Crippen MR) is 132 cm³/mol. The number of hydrazone groups is 1. The van der Waals surface area contributed by atoms with Gasteiger partial charge in [-0.2, -0.15) is 5.10 Å². The van der Waals surface area contributed by atoms with Crippen LogP contribution in [0.3, 0.4) is 0 Å². The normalized spacial score (nSPS) is 11.7. The van der Waals surface area contributed by atoms with E-state index in [4.69, 9.17) is 4.74 Å². The highest BCUT2D eigenvalue weighted by Crippen LogP contribution is 2.22. The van der Waals surface area contributed by atoms with Crippen LogP contribution in [0.25, 0.3) is 0 Å². The molecule has 0 bridgehead atoms. The molecule has 0 saturated carbocycles. The van der Waals surface area contributed by atoms with E-state index in [-0.39, 0.29) is 22.6 Å². The van der Waals surface area contributed by atoms with Gasteiger partial charge in [0, 0.05) is 6.20 Å². The third kappa shape index (κ3) is 6.65. The lowest BCUT2D eigenvalue weighted by molar-refractivity contribution is 0.0953. The van der Waals surface area contributed by atoms with Gasteiger partial charge in [0.15, 0.2) is 0 Å². The molecule has 0 aliphatic rings. The third-order valence-corrected chi connectivity index (χ3v) is 5.05. The van der Waals surface area contributed by atoms with Crippen molar-refractivity contribution in [2.24, 2.45) is 5.10 Å². The Labute approximate surface area is 194 Å². The Morgan fingerprint density at radius 3 is 2.48 bits per heavy atom. The molecule has 2 aromatic carbocycles. The number of nitrogens with one attached hydrogen (secondary N) is 1. The van der Waals surface area contributed by atoms with Crippen LogP contribution in [0.2, 0.25) is 0 Å². The molecule has 3 rings (SSSR count). The van der Waals surface area contributed by atoms with Crippen LogP contribution < -0.4 is 15.7 Å². The fourth-order valence-electron chi connectivity index (χ4n) is 3.31. The SMILES string of the molecule is CC(C)Oc1cccc(/C=N\NC(=O)c2cccn(Cc3ccc(C(C)(C)C)cc3)c2=O)c1. The van der Waals surface area contributed by atoms with Crippen LogP contribution in [0.1, 0.15) is 61.7 Å². The number of nitrogens with zero attached hydrogens (tertiary/aromatic N) is 2. The zero-order valence-electron chi connectivity index (χ0n) is 19.8. The van der Waals surface area contributed by atoms with E-state index in [0.717, 1.165) is 16.9 Å². The molecule has 0 unspecified atom stereocenters. The molecule has 0 radical (unpaired) electrons. The predicted octanol–water partition coefficient (Wildman–Crippen LogP) is 4.75. The number of carbonyl (C=O) groups is 1. The molecular formula is C27H31N3O3. The summed E-state index contributed by atoms with van der Waals surface area (Å²) in [4.78, 5) is 25.4. The molecule has 1 N–H and O–H groups in total. The van der Waals surface area contributed by atoms with Crippen LogP contribution in [0.4, 0.5) is 0 Å². The second-order valence-corrected chi connectivity index (χ2v) is 9.24. The summed E-state index contributed by atoms with van der Waals surface area (Å²) in [5.74, 6) is 0.171. The molecule has 6 nitrogen and oxygen atoms in total. The van der Waals surface area contributed by atoms with Gasteiger partial charge in [-0.15, -0.1) is 0 Å². The van der Waals surface area contributed by atoms with Crippen molar-refractivity contribution in [3.63, 3.8) is 0 Å². The molecule has 0 saturated heterocycles. The Morgan fingerprint density at radius 1 is 1.09 bits per heavy atom. The van der Waals surface area contributed by atoms with Crippen molar-refractivity contribution < 1.29 is 9.53 Å². The summed E-state index contributed by atoms with van der Waals surface area (Å²) < 4.78 is 7.18. The highest BCUT2D eigenvalue weighted by Gasteiger charge is 2.14. The standard InChI is InChI=1S/C27H31N3O3/c1-19(2)33-23-9-6-8-21(16-23)17-28-29-25(31)24-10-7-15-30(26(24)32)18-20-11-13-22(14-12-20)27(3,4)5/h6-17,19H,18H2,1-5H3,(H,29,31)/b28-17-. The smallest absolute Gasteiger partial charge is 0.276 e. The average Bonchev–Trinajstić information content (AvgIpc) is 2.75. The molecule has 0 aliphatic heterocycles. The van der Waals surface area contributed by atoms with Crippen molar-refractivity contribution >= 4 is 12.1 Å². The van der Waals surface area contributed by atoms with Crippen LogP contribution in [-0.2, 0) is 12.0 Å². The minimum absolute atomic E-state index is 0.0397. The van der Waals surface area contributed by atoms with Gasteiger partial charge in [-0.25, -0.2) is 5.43 Å². The summed E-state index contributed by atoms with van der Waals surface area (Å²) in [7, 11) is 0. The molecule has 0 spiro atoms. The lowest BCUT2D eigenvalue weighted by Crippen LogP contribution is -2.30. The van der Waals surface area contributed by atoms with E-state index in [9.17, 15) is 9.59 Å². The summed E-state index contributed by atoms with van der Waals surface area (Å²) in [6.45, 7) is 10.8. The molecule has 0 aliphatic carbocycles.